The van der Waals surface area contributed by atoms with Crippen LogP contribution < -0.4 is 11.3 Å². The van der Waals surface area contributed by atoms with Crippen LogP contribution in [0.1, 0.15) is 51.2 Å². The Morgan fingerprint density at radius 1 is 1.27 bits per heavy atom. The number of hydrogen-bond donors (Lipinski definition) is 2. The molecule has 0 aromatic carbocycles. The second-order valence-corrected chi connectivity index (χ2v) is 3.88. The third kappa shape index (κ3) is 2.83. The molecule has 0 amide bonds. The fraction of sp³-hybridized carbons (Fsp3) is 0.667. The van der Waals surface area contributed by atoms with Crippen LogP contribution in [0, 0.1) is 5.92 Å². The first-order chi connectivity index (χ1) is 7.26. The molecule has 3 nitrogen and oxygen atoms in total. The van der Waals surface area contributed by atoms with Crippen LogP contribution in [0.4, 0.5) is 0 Å². The van der Waals surface area contributed by atoms with Crippen molar-refractivity contribution < 1.29 is 4.42 Å². The van der Waals surface area contributed by atoms with Crippen molar-refractivity contribution >= 4 is 0 Å². The van der Waals surface area contributed by atoms with Crippen molar-refractivity contribution in [2.45, 2.75) is 46.1 Å². The van der Waals surface area contributed by atoms with E-state index in [0.29, 0.717) is 5.92 Å². The summed E-state index contributed by atoms with van der Waals surface area (Å²) in [5, 5.41) is 0. The Balaban J connectivity index is 2.81. The Kier molecular flexibility index (Phi) is 4.85. The van der Waals surface area contributed by atoms with Crippen molar-refractivity contribution in [3.63, 3.8) is 0 Å². The fourth-order valence-electron chi connectivity index (χ4n) is 1.96. The molecule has 0 bridgehead atoms. The maximum atomic E-state index is 5.73. The van der Waals surface area contributed by atoms with Crippen LogP contribution in [0.15, 0.2) is 16.5 Å². The van der Waals surface area contributed by atoms with Crippen molar-refractivity contribution in [3.05, 3.63) is 23.7 Å². The van der Waals surface area contributed by atoms with Crippen molar-refractivity contribution in [1.29, 1.82) is 0 Å². The standard InChI is InChI=1S/C12H22N2O/c1-4-9(5-2)12(14-13)11-8-7-10(6-3)15-11/h7-9,12,14H,4-6,13H2,1-3H3. The summed E-state index contributed by atoms with van der Waals surface area (Å²) >= 11 is 0. The number of nitrogens with two attached hydrogens (primary N) is 1. The normalized spacial score (nSPS) is 13.4. The number of furan rings is 1. The minimum absolute atomic E-state index is 0.139. The summed E-state index contributed by atoms with van der Waals surface area (Å²) in [5.41, 5.74) is 2.86. The van der Waals surface area contributed by atoms with E-state index in [0.717, 1.165) is 30.8 Å². The first kappa shape index (κ1) is 12.3. The van der Waals surface area contributed by atoms with Crippen molar-refractivity contribution in [3.8, 4) is 0 Å². The van der Waals surface area contributed by atoms with Crippen LogP contribution >= 0.6 is 0 Å². The SMILES string of the molecule is CCc1ccc(C(NN)C(CC)CC)o1. The molecule has 1 rings (SSSR count). The minimum Gasteiger partial charge on any atom is -0.464 e. The molecule has 1 heterocycles. The van der Waals surface area contributed by atoms with Crippen LogP contribution in [-0.2, 0) is 6.42 Å². The van der Waals surface area contributed by atoms with Gasteiger partial charge >= 0.3 is 0 Å². The van der Waals surface area contributed by atoms with Gasteiger partial charge in [-0.3, -0.25) is 5.84 Å². The maximum Gasteiger partial charge on any atom is 0.122 e. The molecule has 0 saturated carbocycles. The predicted octanol–water partition coefficient (Wildman–Crippen LogP) is 2.78. The predicted molar refractivity (Wildman–Crippen MR) is 62.2 cm³/mol. The molecule has 0 aliphatic rings. The quantitative estimate of drug-likeness (QED) is 0.560. The first-order valence-electron chi connectivity index (χ1n) is 5.81. The van der Waals surface area contributed by atoms with Crippen LogP contribution in [0.25, 0.3) is 0 Å². The summed E-state index contributed by atoms with van der Waals surface area (Å²) in [6, 6.07) is 4.20. The van der Waals surface area contributed by atoms with Gasteiger partial charge in [-0.15, -0.1) is 0 Å². The maximum absolute atomic E-state index is 5.73. The van der Waals surface area contributed by atoms with E-state index in [4.69, 9.17) is 10.3 Å². The highest BCUT2D eigenvalue weighted by Gasteiger charge is 2.21. The van der Waals surface area contributed by atoms with Gasteiger partial charge in [0.2, 0.25) is 0 Å². The molecular weight excluding hydrogens is 188 g/mol. The molecule has 1 aromatic rings. The first-order valence-corrected chi connectivity index (χ1v) is 5.81. The number of hydrazine groups is 1. The van der Waals surface area contributed by atoms with Crippen LogP contribution in [-0.4, -0.2) is 0 Å². The highest BCUT2D eigenvalue weighted by molar-refractivity contribution is 5.11. The Bertz CT molecular complexity index is 279. The molecule has 3 N–H and O–H groups in total. The van der Waals surface area contributed by atoms with Crippen LogP contribution in [0.3, 0.4) is 0 Å². The van der Waals surface area contributed by atoms with Crippen molar-refractivity contribution in [1.82, 2.24) is 5.43 Å². The molecule has 1 atom stereocenters. The minimum atomic E-state index is 0.139. The van der Waals surface area contributed by atoms with Gasteiger partial charge in [0.25, 0.3) is 0 Å². The second kappa shape index (κ2) is 5.93. The van der Waals surface area contributed by atoms with Crippen LogP contribution in [0.5, 0.6) is 0 Å². The molecule has 15 heavy (non-hydrogen) atoms. The van der Waals surface area contributed by atoms with Gasteiger partial charge in [-0.2, -0.15) is 0 Å². The zero-order valence-electron chi connectivity index (χ0n) is 9.92. The van der Waals surface area contributed by atoms with Gasteiger partial charge in [0.05, 0.1) is 6.04 Å². The van der Waals surface area contributed by atoms with Gasteiger partial charge in [0.15, 0.2) is 0 Å². The lowest BCUT2D eigenvalue weighted by Crippen LogP contribution is -2.33. The molecule has 3 heteroatoms. The van der Waals surface area contributed by atoms with Gasteiger partial charge < -0.3 is 4.42 Å². The molecule has 1 unspecified atom stereocenters. The van der Waals surface area contributed by atoms with Crippen molar-refractivity contribution in [2.24, 2.45) is 11.8 Å². The zero-order chi connectivity index (χ0) is 11.3. The number of hydrogen-bond acceptors (Lipinski definition) is 3. The van der Waals surface area contributed by atoms with E-state index >= 15 is 0 Å². The third-order valence-electron chi connectivity index (χ3n) is 3.04. The van der Waals surface area contributed by atoms with Crippen molar-refractivity contribution in [2.75, 3.05) is 0 Å². The fourth-order valence-corrected chi connectivity index (χ4v) is 1.96. The third-order valence-corrected chi connectivity index (χ3v) is 3.04. The van der Waals surface area contributed by atoms with E-state index in [1.165, 1.54) is 0 Å². The molecule has 86 valence electrons. The van der Waals surface area contributed by atoms with Gasteiger partial charge in [0, 0.05) is 6.42 Å². The summed E-state index contributed by atoms with van der Waals surface area (Å²) in [4.78, 5) is 0. The van der Waals surface area contributed by atoms with Gasteiger partial charge in [-0.1, -0.05) is 33.6 Å². The van der Waals surface area contributed by atoms with E-state index in [9.17, 15) is 0 Å². The van der Waals surface area contributed by atoms with E-state index in [-0.39, 0.29) is 6.04 Å². The average molecular weight is 210 g/mol. The highest BCUT2D eigenvalue weighted by atomic mass is 16.3. The van der Waals surface area contributed by atoms with Gasteiger partial charge in [-0.05, 0) is 18.1 Å². The summed E-state index contributed by atoms with van der Waals surface area (Å²) < 4.78 is 5.73. The van der Waals surface area contributed by atoms with Gasteiger partial charge in [-0.25, -0.2) is 5.43 Å². The number of rotatable bonds is 6. The average Bonchev–Trinajstić information content (AvgIpc) is 2.73. The van der Waals surface area contributed by atoms with E-state index < -0.39 is 0 Å². The summed E-state index contributed by atoms with van der Waals surface area (Å²) in [6.45, 7) is 6.45. The highest BCUT2D eigenvalue weighted by Crippen LogP contribution is 2.28. The monoisotopic (exact) mass is 210 g/mol. The van der Waals surface area contributed by atoms with E-state index in [2.05, 4.69) is 26.2 Å². The Morgan fingerprint density at radius 2 is 1.93 bits per heavy atom. The Morgan fingerprint density at radius 3 is 2.33 bits per heavy atom. The summed E-state index contributed by atoms with van der Waals surface area (Å²) in [7, 11) is 0. The number of aryl methyl sites for hydroxylation is 1. The zero-order valence-corrected chi connectivity index (χ0v) is 9.92. The van der Waals surface area contributed by atoms with E-state index in [1.54, 1.807) is 0 Å². The van der Waals surface area contributed by atoms with E-state index in [1.807, 2.05) is 12.1 Å². The lowest BCUT2D eigenvalue weighted by molar-refractivity contribution is 0.291. The Labute approximate surface area is 92.0 Å². The summed E-state index contributed by atoms with van der Waals surface area (Å²) in [5.74, 6) is 8.12. The smallest absolute Gasteiger partial charge is 0.122 e. The molecule has 0 spiro atoms. The molecule has 0 saturated heterocycles. The molecule has 0 aliphatic heterocycles. The molecular formula is C12H22N2O. The lowest BCUT2D eigenvalue weighted by atomic mass is 9.93. The molecule has 0 aliphatic carbocycles. The number of nitrogens with one attached hydrogen (secondary N) is 1. The molecule has 0 radical (unpaired) electrons. The lowest BCUT2D eigenvalue weighted by Gasteiger charge is -2.22. The Hall–Kier alpha value is -0.800. The second-order valence-electron chi connectivity index (χ2n) is 3.88. The van der Waals surface area contributed by atoms with Gasteiger partial charge in [0.1, 0.15) is 11.5 Å². The molecule has 0 fully saturated rings. The summed E-state index contributed by atoms with van der Waals surface area (Å²) in [6.07, 6.45) is 3.14. The largest absolute Gasteiger partial charge is 0.464 e. The topological polar surface area (TPSA) is 51.2 Å². The molecule has 1 aromatic heterocycles. The van der Waals surface area contributed by atoms with Crippen LogP contribution in [0.2, 0.25) is 0 Å².